The predicted octanol–water partition coefficient (Wildman–Crippen LogP) is 3.88. The third kappa shape index (κ3) is 4.57. The minimum Gasteiger partial charge on any atom is -0.339 e. The number of amides is 2. The Morgan fingerprint density at radius 3 is 2.48 bits per heavy atom. The fourth-order valence-corrected chi connectivity index (χ4v) is 2.87. The van der Waals surface area contributed by atoms with Crippen LogP contribution in [0.25, 0.3) is 6.08 Å². The lowest BCUT2D eigenvalue weighted by Crippen LogP contribution is -2.27. The third-order valence-electron chi connectivity index (χ3n) is 4.27. The van der Waals surface area contributed by atoms with Crippen molar-refractivity contribution >= 4 is 23.6 Å². The van der Waals surface area contributed by atoms with Crippen molar-refractivity contribution in [2.45, 2.75) is 19.8 Å². The molecule has 1 aliphatic heterocycles. The van der Waals surface area contributed by atoms with Crippen LogP contribution in [0.3, 0.4) is 0 Å². The zero-order valence-corrected chi connectivity index (χ0v) is 14.4. The Kier molecular flexibility index (Phi) is 5.29. The van der Waals surface area contributed by atoms with E-state index in [4.69, 9.17) is 0 Å². The normalized spacial score (nSPS) is 14.0. The van der Waals surface area contributed by atoms with Gasteiger partial charge in [-0.2, -0.15) is 0 Å². The number of hydrogen-bond acceptors (Lipinski definition) is 2. The molecule has 4 heteroatoms. The van der Waals surface area contributed by atoms with E-state index in [0.717, 1.165) is 31.5 Å². The first-order valence-electron chi connectivity index (χ1n) is 8.57. The van der Waals surface area contributed by atoms with Crippen molar-refractivity contribution in [3.05, 3.63) is 71.3 Å². The first-order chi connectivity index (χ1) is 12.1. The SMILES string of the molecule is Cc1ccc(/C=C/C(=O)Nc2cccc(C(=O)N3CCCC3)c2)cc1. The second kappa shape index (κ2) is 7.79. The number of likely N-dealkylation sites (tertiary alicyclic amines) is 1. The Morgan fingerprint density at radius 2 is 1.76 bits per heavy atom. The van der Waals surface area contributed by atoms with E-state index in [1.54, 1.807) is 30.3 Å². The highest BCUT2D eigenvalue weighted by atomic mass is 16.2. The van der Waals surface area contributed by atoms with Crippen LogP contribution in [0.2, 0.25) is 0 Å². The van der Waals surface area contributed by atoms with Crippen LogP contribution in [0.4, 0.5) is 5.69 Å². The maximum atomic E-state index is 12.4. The molecule has 1 fully saturated rings. The van der Waals surface area contributed by atoms with Crippen molar-refractivity contribution in [3.8, 4) is 0 Å². The summed E-state index contributed by atoms with van der Waals surface area (Å²) in [5.41, 5.74) is 3.39. The smallest absolute Gasteiger partial charge is 0.253 e. The van der Waals surface area contributed by atoms with E-state index in [-0.39, 0.29) is 11.8 Å². The highest BCUT2D eigenvalue weighted by molar-refractivity contribution is 6.03. The van der Waals surface area contributed by atoms with Crippen molar-refractivity contribution in [2.75, 3.05) is 18.4 Å². The molecular weight excluding hydrogens is 312 g/mol. The fourth-order valence-electron chi connectivity index (χ4n) is 2.87. The molecule has 0 spiro atoms. The lowest BCUT2D eigenvalue weighted by molar-refractivity contribution is -0.111. The number of hydrogen-bond donors (Lipinski definition) is 1. The van der Waals surface area contributed by atoms with Crippen molar-refractivity contribution in [1.82, 2.24) is 4.90 Å². The molecule has 2 aromatic carbocycles. The van der Waals surface area contributed by atoms with Crippen LogP contribution in [0.5, 0.6) is 0 Å². The number of aryl methyl sites for hydroxylation is 1. The molecule has 1 heterocycles. The summed E-state index contributed by atoms with van der Waals surface area (Å²) in [4.78, 5) is 26.4. The highest BCUT2D eigenvalue weighted by Crippen LogP contribution is 2.16. The molecule has 128 valence electrons. The van der Waals surface area contributed by atoms with E-state index in [2.05, 4.69) is 5.32 Å². The Bertz CT molecular complexity index is 788. The van der Waals surface area contributed by atoms with Crippen LogP contribution in [0, 0.1) is 6.92 Å². The monoisotopic (exact) mass is 334 g/mol. The minimum atomic E-state index is -0.216. The summed E-state index contributed by atoms with van der Waals surface area (Å²) >= 11 is 0. The van der Waals surface area contributed by atoms with E-state index in [1.165, 1.54) is 11.6 Å². The van der Waals surface area contributed by atoms with Crippen molar-refractivity contribution in [3.63, 3.8) is 0 Å². The molecule has 2 aromatic rings. The summed E-state index contributed by atoms with van der Waals surface area (Å²) in [7, 11) is 0. The number of carbonyl (C=O) groups excluding carboxylic acids is 2. The van der Waals surface area contributed by atoms with E-state index < -0.39 is 0 Å². The second-order valence-electron chi connectivity index (χ2n) is 6.31. The van der Waals surface area contributed by atoms with Crippen molar-refractivity contribution in [1.29, 1.82) is 0 Å². The predicted molar refractivity (Wildman–Crippen MR) is 100 cm³/mol. The van der Waals surface area contributed by atoms with Crippen LogP contribution < -0.4 is 5.32 Å². The number of nitrogens with one attached hydrogen (secondary N) is 1. The van der Waals surface area contributed by atoms with Crippen LogP contribution >= 0.6 is 0 Å². The highest BCUT2D eigenvalue weighted by Gasteiger charge is 2.19. The first-order valence-corrected chi connectivity index (χ1v) is 8.57. The summed E-state index contributed by atoms with van der Waals surface area (Å²) < 4.78 is 0. The van der Waals surface area contributed by atoms with Gasteiger partial charge in [-0.15, -0.1) is 0 Å². The zero-order valence-electron chi connectivity index (χ0n) is 14.4. The number of rotatable bonds is 4. The molecule has 2 amide bonds. The molecule has 0 unspecified atom stereocenters. The number of benzene rings is 2. The third-order valence-corrected chi connectivity index (χ3v) is 4.27. The lowest BCUT2D eigenvalue weighted by atomic mass is 10.1. The Labute approximate surface area is 148 Å². The van der Waals surface area contributed by atoms with Gasteiger partial charge in [0, 0.05) is 30.4 Å². The zero-order chi connectivity index (χ0) is 17.6. The molecule has 1 aliphatic rings. The minimum absolute atomic E-state index is 0.0313. The molecule has 0 atom stereocenters. The second-order valence-corrected chi connectivity index (χ2v) is 6.31. The van der Waals surface area contributed by atoms with Gasteiger partial charge in [0.1, 0.15) is 0 Å². The Morgan fingerprint density at radius 1 is 1.04 bits per heavy atom. The summed E-state index contributed by atoms with van der Waals surface area (Å²) in [5.74, 6) is -0.185. The van der Waals surface area contributed by atoms with Gasteiger partial charge in [0.15, 0.2) is 0 Å². The molecule has 1 N–H and O–H groups in total. The molecule has 4 nitrogen and oxygen atoms in total. The standard InChI is InChI=1S/C21H22N2O2/c1-16-7-9-17(10-8-16)11-12-20(24)22-19-6-4-5-18(15-19)21(25)23-13-2-3-14-23/h4-12,15H,2-3,13-14H2,1H3,(H,22,24)/b12-11+. The van der Waals surface area contributed by atoms with Gasteiger partial charge in [0.25, 0.3) is 5.91 Å². The van der Waals surface area contributed by atoms with Crippen molar-refractivity contribution in [2.24, 2.45) is 0 Å². The Hall–Kier alpha value is -2.88. The first kappa shape index (κ1) is 17.0. The van der Waals surface area contributed by atoms with Gasteiger partial charge >= 0.3 is 0 Å². The van der Waals surface area contributed by atoms with Gasteiger partial charge < -0.3 is 10.2 Å². The number of nitrogens with zero attached hydrogens (tertiary/aromatic N) is 1. The van der Waals surface area contributed by atoms with Crippen LogP contribution in [-0.2, 0) is 4.79 Å². The van der Waals surface area contributed by atoms with Gasteiger partial charge in [-0.3, -0.25) is 9.59 Å². The largest absolute Gasteiger partial charge is 0.339 e. The van der Waals surface area contributed by atoms with Crippen LogP contribution in [0.1, 0.15) is 34.3 Å². The fraction of sp³-hybridized carbons (Fsp3) is 0.238. The molecule has 25 heavy (non-hydrogen) atoms. The van der Waals surface area contributed by atoms with E-state index in [9.17, 15) is 9.59 Å². The van der Waals surface area contributed by atoms with Gasteiger partial charge in [-0.05, 0) is 49.6 Å². The summed E-state index contributed by atoms with van der Waals surface area (Å²) in [6, 6.07) is 15.1. The van der Waals surface area contributed by atoms with Gasteiger partial charge in [-0.25, -0.2) is 0 Å². The van der Waals surface area contributed by atoms with E-state index in [0.29, 0.717) is 11.3 Å². The molecule has 0 aromatic heterocycles. The average molecular weight is 334 g/mol. The quantitative estimate of drug-likeness (QED) is 0.863. The number of anilines is 1. The summed E-state index contributed by atoms with van der Waals surface area (Å²) in [5, 5.41) is 2.81. The Balaban J connectivity index is 1.64. The summed E-state index contributed by atoms with van der Waals surface area (Å²) in [6.07, 6.45) is 5.39. The molecule has 0 radical (unpaired) electrons. The molecule has 0 saturated carbocycles. The number of carbonyl (C=O) groups is 2. The van der Waals surface area contributed by atoms with Crippen molar-refractivity contribution < 1.29 is 9.59 Å². The average Bonchev–Trinajstić information content (AvgIpc) is 3.15. The maximum Gasteiger partial charge on any atom is 0.253 e. The van der Waals surface area contributed by atoms with Gasteiger partial charge in [-0.1, -0.05) is 35.9 Å². The van der Waals surface area contributed by atoms with E-state index >= 15 is 0 Å². The van der Waals surface area contributed by atoms with Gasteiger partial charge in [0.2, 0.25) is 5.91 Å². The molecule has 3 rings (SSSR count). The van der Waals surface area contributed by atoms with Crippen LogP contribution in [0.15, 0.2) is 54.6 Å². The molecule has 1 saturated heterocycles. The summed E-state index contributed by atoms with van der Waals surface area (Å²) in [6.45, 7) is 3.65. The molecule has 0 bridgehead atoms. The van der Waals surface area contributed by atoms with Gasteiger partial charge in [0.05, 0.1) is 0 Å². The maximum absolute atomic E-state index is 12.4. The lowest BCUT2D eigenvalue weighted by Gasteiger charge is -2.15. The van der Waals surface area contributed by atoms with E-state index in [1.807, 2.05) is 36.1 Å². The van der Waals surface area contributed by atoms with Crippen LogP contribution in [-0.4, -0.2) is 29.8 Å². The molecule has 0 aliphatic carbocycles. The molecular formula is C21H22N2O2. The topological polar surface area (TPSA) is 49.4 Å².